The third-order valence-corrected chi connectivity index (χ3v) is 6.13. The van der Waals surface area contributed by atoms with Crippen molar-refractivity contribution >= 4 is 72.3 Å². The molecule has 136 valence electrons. The number of hydrazine groups is 1. The van der Waals surface area contributed by atoms with Gasteiger partial charge < -0.3 is 5.32 Å². The number of anilines is 1. The molecule has 10 heteroatoms. The Balaban J connectivity index is 1.42. The lowest BCUT2D eigenvalue weighted by Gasteiger charge is -2.08. The molecule has 0 saturated heterocycles. The molecule has 2 aromatic heterocycles. The number of amides is 3. The lowest BCUT2D eigenvalue weighted by molar-refractivity contribution is 0.0942. The third-order valence-electron chi connectivity index (χ3n) is 3.70. The van der Waals surface area contributed by atoms with Gasteiger partial charge in [-0.2, -0.15) is 4.37 Å². The van der Waals surface area contributed by atoms with Crippen molar-refractivity contribution in [1.82, 2.24) is 15.2 Å². The summed E-state index contributed by atoms with van der Waals surface area (Å²) in [6.07, 6.45) is 1.71. The van der Waals surface area contributed by atoms with Crippen molar-refractivity contribution in [3.8, 4) is 0 Å². The molecule has 0 aliphatic carbocycles. The minimum Gasteiger partial charge on any atom is -0.307 e. The number of carbonyl (C=O) groups excluding carboxylic acids is 2. The first kappa shape index (κ1) is 17.7. The average Bonchev–Trinajstić information content (AvgIpc) is 3.23. The number of urea groups is 1. The maximum absolute atomic E-state index is 13.3. The first-order valence-electron chi connectivity index (χ1n) is 7.60. The maximum atomic E-state index is 13.3. The van der Waals surface area contributed by atoms with Crippen LogP contribution < -0.4 is 16.2 Å². The predicted molar refractivity (Wildman–Crippen MR) is 106 cm³/mol. The van der Waals surface area contributed by atoms with Gasteiger partial charge in [0.1, 0.15) is 10.7 Å². The van der Waals surface area contributed by atoms with Gasteiger partial charge in [-0.1, -0.05) is 11.6 Å². The van der Waals surface area contributed by atoms with E-state index in [2.05, 4.69) is 20.5 Å². The van der Waals surface area contributed by atoms with Crippen molar-refractivity contribution in [2.45, 2.75) is 0 Å². The summed E-state index contributed by atoms with van der Waals surface area (Å²) in [5.41, 5.74) is 5.11. The van der Waals surface area contributed by atoms with E-state index < -0.39 is 17.8 Å². The molecule has 0 radical (unpaired) electrons. The minimum absolute atomic E-state index is 0.184. The number of carbonyl (C=O) groups is 2. The van der Waals surface area contributed by atoms with Gasteiger partial charge in [-0.25, -0.2) is 14.6 Å². The monoisotopic (exact) mass is 420 g/mol. The first-order valence-corrected chi connectivity index (χ1v) is 9.57. The lowest BCUT2D eigenvalue weighted by atomic mass is 10.2. The topological polar surface area (TPSA) is 83.1 Å². The number of hydrogen-bond donors (Lipinski definition) is 3. The van der Waals surface area contributed by atoms with E-state index in [1.807, 2.05) is 6.07 Å². The van der Waals surface area contributed by atoms with Gasteiger partial charge in [-0.3, -0.25) is 10.2 Å². The third kappa shape index (κ3) is 3.57. The summed E-state index contributed by atoms with van der Waals surface area (Å²) < 4.78 is 18.9. The fraction of sp³-hybridized carbons (Fsp3) is 0. The van der Waals surface area contributed by atoms with Crippen LogP contribution in [0.2, 0.25) is 5.02 Å². The molecule has 4 rings (SSSR count). The Bertz CT molecular complexity index is 1190. The van der Waals surface area contributed by atoms with E-state index in [0.717, 1.165) is 21.4 Å². The van der Waals surface area contributed by atoms with Gasteiger partial charge in [0.25, 0.3) is 5.91 Å². The number of aromatic nitrogens is 1. The molecule has 0 fully saturated rings. The first-order chi connectivity index (χ1) is 13.0. The van der Waals surface area contributed by atoms with E-state index in [9.17, 15) is 14.0 Å². The number of thiophene rings is 1. The summed E-state index contributed by atoms with van der Waals surface area (Å²) in [4.78, 5) is 24.5. The molecule has 3 amide bonds. The number of nitrogens with one attached hydrogen (secondary N) is 3. The highest BCUT2D eigenvalue weighted by Crippen LogP contribution is 2.35. The van der Waals surface area contributed by atoms with Crippen LogP contribution in [0.25, 0.3) is 20.2 Å². The Morgan fingerprint density at radius 1 is 1.07 bits per heavy atom. The number of fused-ring (bicyclic) bond motifs is 2. The van der Waals surface area contributed by atoms with Crippen molar-refractivity contribution in [1.29, 1.82) is 0 Å². The number of nitrogens with zero attached hydrogens (tertiary/aromatic N) is 1. The zero-order chi connectivity index (χ0) is 19.0. The van der Waals surface area contributed by atoms with Gasteiger partial charge in [0.2, 0.25) is 0 Å². The van der Waals surface area contributed by atoms with Gasteiger partial charge in [-0.05, 0) is 47.9 Å². The fourth-order valence-electron chi connectivity index (χ4n) is 2.47. The van der Waals surface area contributed by atoms with E-state index in [1.165, 1.54) is 29.7 Å². The summed E-state index contributed by atoms with van der Waals surface area (Å²) in [7, 11) is 0. The van der Waals surface area contributed by atoms with Gasteiger partial charge in [0, 0.05) is 27.4 Å². The predicted octanol–water partition coefficient (Wildman–Crippen LogP) is 4.77. The second-order valence-corrected chi connectivity index (χ2v) is 7.76. The van der Waals surface area contributed by atoms with Crippen molar-refractivity contribution in [3.05, 3.63) is 58.3 Å². The van der Waals surface area contributed by atoms with Crippen LogP contribution in [0.5, 0.6) is 0 Å². The van der Waals surface area contributed by atoms with Crippen LogP contribution in [0, 0.1) is 5.82 Å². The van der Waals surface area contributed by atoms with E-state index in [0.29, 0.717) is 15.8 Å². The molecule has 3 N–H and O–H groups in total. The molecule has 0 atom stereocenters. The smallest absolute Gasteiger partial charge is 0.307 e. The molecular weight excluding hydrogens is 411 g/mol. The summed E-state index contributed by atoms with van der Waals surface area (Å²) in [5, 5.41) is 4.31. The Morgan fingerprint density at radius 2 is 1.93 bits per heavy atom. The van der Waals surface area contributed by atoms with Crippen molar-refractivity contribution in [2.24, 2.45) is 0 Å². The van der Waals surface area contributed by atoms with Crippen LogP contribution >= 0.6 is 34.5 Å². The van der Waals surface area contributed by atoms with Crippen LogP contribution in [-0.4, -0.2) is 16.3 Å². The molecule has 0 aliphatic rings. The van der Waals surface area contributed by atoms with E-state index >= 15 is 0 Å². The number of halogens is 2. The highest BCUT2D eigenvalue weighted by atomic mass is 35.5. The number of hydrogen-bond acceptors (Lipinski definition) is 5. The Kier molecular flexibility index (Phi) is 4.65. The quantitative estimate of drug-likeness (QED) is 0.408. The van der Waals surface area contributed by atoms with E-state index in [-0.39, 0.29) is 9.90 Å². The van der Waals surface area contributed by atoms with Crippen LogP contribution in [0.1, 0.15) is 9.67 Å². The number of benzene rings is 2. The van der Waals surface area contributed by atoms with Crippen LogP contribution in [0.4, 0.5) is 14.9 Å². The summed E-state index contributed by atoms with van der Waals surface area (Å²) >= 11 is 8.59. The standard InChI is InChI=1S/C17H10ClFN4O2S2/c18-14-11-3-1-9(19)6-13(11)26-15(14)16(24)22-23-17(25)21-10-2-4-12-8(5-10)7-20-27-12/h1-7H,(H,22,24)(H2,21,23,25). The lowest BCUT2D eigenvalue weighted by Crippen LogP contribution is -2.43. The summed E-state index contributed by atoms with van der Waals surface area (Å²) in [5.74, 6) is -1.00. The second-order valence-electron chi connectivity index (χ2n) is 5.50. The molecule has 4 aromatic rings. The summed E-state index contributed by atoms with van der Waals surface area (Å²) in [6.45, 7) is 0. The molecule has 6 nitrogen and oxygen atoms in total. The minimum atomic E-state index is -0.617. The van der Waals surface area contributed by atoms with Crippen molar-refractivity contribution < 1.29 is 14.0 Å². The van der Waals surface area contributed by atoms with Gasteiger partial charge >= 0.3 is 6.03 Å². The normalized spacial score (nSPS) is 10.9. The van der Waals surface area contributed by atoms with Gasteiger partial charge in [-0.15, -0.1) is 11.3 Å². The zero-order valence-corrected chi connectivity index (χ0v) is 15.8. The van der Waals surface area contributed by atoms with Crippen molar-refractivity contribution in [3.63, 3.8) is 0 Å². The van der Waals surface area contributed by atoms with E-state index in [4.69, 9.17) is 11.6 Å². The second kappa shape index (κ2) is 7.10. The van der Waals surface area contributed by atoms with E-state index in [1.54, 1.807) is 18.3 Å². The molecule has 0 aliphatic heterocycles. The maximum Gasteiger partial charge on any atom is 0.337 e. The average molecular weight is 421 g/mol. The fourth-order valence-corrected chi connectivity index (χ4v) is 4.53. The van der Waals surface area contributed by atoms with Gasteiger partial charge in [0.15, 0.2) is 0 Å². The molecule has 0 spiro atoms. The largest absolute Gasteiger partial charge is 0.337 e. The Morgan fingerprint density at radius 3 is 2.78 bits per heavy atom. The highest BCUT2D eigenvalue weighted by Gasteiger charge is 2.18. The van der Waals surface area contributed by atoms with Crippen LogP contribution in [0.15, 0.2) is 42.6 Å². The summed E-state index contributed by atoms with van der Waals surface area (Å²) in [6, 6.07) is 8.82. The molecule has 0 bridgehead atoms. The van der Waals surface area contributed by atoms with Crippen LogP contribution in [0.3, 0.4) is 0 Å². The molecular formula is C17H10ClFN4O2S2. The van der Waals surface area contributed by atoms with Crippen LogP contribution in [-0.2, 0) is 0 Å². The molecule has 2 aromatic carbocycles. The SMILES string of the molecule is O=C(NNC(=O)c1sc2cc(F)ccc2c1Cl)Nc1ccc2sncc2c1. The zero-order valence-electron chi connectivity index (χ0n) is 13.4. The molecule has 0 unspecified atom stereocenters. The molecule has 2 heterocycles. The molecule has 27 heavy (non-hydrogen) atoms. The highest BCUT2D eigenvalue weighted by molar-refractivity contribution is 7.21. The number of rotatable bonds is 2. The van der Waals surface area contributed by atoms with Crippen molar-refractivity contribution in [2.75, 3.05) is 5.32 Å². The molecule has 0 saturated carbocycles. The Hall–Kier alpha value is -2.75. The Labute approximate surface area is 165 Å². The van der Waals surface area contributed by atoms with Gasteiger partial charge in [0.05, 0.1) is 9.72 Å².